The predicted octanol–water partition coefficient (Wildman–Crippen LogP) is 2.86. The van der Waals surface area contributed by atoms with Gasteiger partial charge in [-0.05, 0) is 35.9 Å². The molecular formula is C15H15ClO4S. The van der Waals surface area contributed by atoms with Gasteiger partial charge in [-0.25, -0.2) is 8.42 Å². The van der Waals surface area contributed by atoms with E-state index in [2.05, 4.69) is 0 Å². The van der Waals surface area contributed by atoms with Crippen LogP contribution in [0.5, 0.6) is 5.75 Å². The minimum atomic E-state index is -3.28. The maximum atomic E-state index is 11.5. The van der Waals surface area contributed by atoms with Crippen molar-refractivity contribution in [1.29, 1.82) is 0 Å². The number of hydrogen-bond acceptors (Lipinski definition) is 4. The smallest absolute Gasteiger partial charge is 0.175 e. The van der Waals surface area contributed by atoms with Crippen LogP contribution in [-0.4, -0.2) is 26.4 Å². The second-order valence-corrected chi connectivity index (χ2v) is 7.08. The molecule has 0 fully saturated rings. The quantitative estimate of drug-likeness (QED) is 0.917. The summed E-state index contributed by atoms with van der Waals surface area (Å²) < 4.78 is 28.4. The van der Waals surface area contributed by atoms with Crippen LogP contribution in [0.2, 0.25) is 5.02 Å². The van der Waals surface area contributed by atoms with Crippen LogP contribution >= 0.6 is 11.6 Å². The third-order valence-electron chi connectivity index (χ3n) is 2.87. The van der Waals surface area contributed by atoms with Crippen molar-refractivity contribution in [3.8, 4) is 5.75 Å². The van der Waals surface area contributed by atoms with Crippen LogP contribution < -0.4 is 4.74 Å². The zero-order valence-corrected chi connectivity index (χ0v) is 12.9. The third-order valence-corrected chi connectivity index (χ3v) is 4.22. The first-order valence-corrected chi connectivity index (χ1v) is 8.49. The number of ether oxygens (including phenoxy) is 1. The number of hydrogen-bond donors (Lipinski definition) is 1. The van der Waals surface area contributed by atoms with Crippen molar-refractivity contribution < 1.29 is 18.3 Å². The van der Waals surface area contributed by atoms with E-state index in [0.29, 0.717) is 16.3 Å². The second kappa shape index (κ2) is 6.47. The Bertz CT molecular complexity index is 728. The molecule has 0 aromatic heterocycles. The lowest BCUT2D eigenvalue weighted by atomic mass is 10.1. The summed E-state index contributed by atoms with van der Waals surface area (Å²) in [6, 6.07) is 13.0. The molecule has 2 rings (SSSR count). The Morgan fingerprint density at radius 2 is 1.90 bits per heavy atom. The average Bonchev–Trinajstić information content (AvgIpc) is 2.44. The van der Waals surface area contributed by atoms with Gasteiger partial charge in [-0.3, -0.25) is 0 Å². The first-order valence-electron chi connectivity index (χ1n) is 6.23. The Hall–Kier alpha value is -1.56. The van der Waals surface area contributed by atoms with Crippen LogP contribution in [0.3, 0.4) is 0 Å². The van der Waals surface area contributed by atoms with Gasteiger partial charge in [-0.2, -0.15) is 0 Å². The van der Waals surface area contributed by atoms with E-state index in [-0.39, 0.29) is 11.5 Å². The zero-order valence-electron chi connectivity index (χ0n) is 11.4. The molecule has 0 heterocycles. The summed E-state index contributed by atoms with van der Waals surface area (Å²) in [7, 11) is -3.28. The van der Waals surface area contributed by atoms with Crippen LogP contribution in [0.15, 0.2) is 53.4 Å². The van der Waals surface area contributed by atoms with E-state index in [1.807, 2.05) is 0 Å². The lowest BCUT2D eigenvalue weighted by Gasteiger charge is -2.13. The molecule has 0 radical (unpaired) electrons. The molecule has 112 valence electrons. The molecule has 1 N–H and O–H groups in total. The van der Waals surface area contributed by atoms with E-state index in [1.165, 1.54) is 12.1 Å². The molecule has 0 saturated heterocycles. The van der Waals surface area contributed by atoms with Crippen molar-refractivity contribution in [3.63, 3.8) is 0 Å². The molecule has 4 nitrogen and oxygen atoms in total. The highest BCUT2D eigenvalue weighted by Gasteiger charge is 2.11. The van der Waals surface area contributed by atoms with Gasteiger partial charge >= 0.3 is 0 Å². The van der Waals surface area contributed by atoms with Crippen LogP contribution in [0, 0.1) is 0 Å². The molecule has 0 spiro atoms. The highest BCUT2D eigenvalue weighted by atomic mass is 35.5. The van der Waals surface area contributed by atoms with Crippen molar-refractivity contribution in [1.82, 2.24) is 0 Å². The number of rotatable bonds is 5. The van der Waals surface area contributed by atoms with Gasteiger partial charge in [0, 0.05) is 11.3 Å². The fraction of sp³-hybridized carbons (Fsp3) is 0.200. The number of halogens is 1. The first-order chi connectivity index (χ1) is 9.86. The highest BCUT2D eigenvalue weighted by molar-refractivity contribution is 7.90. The SMILES string of the molecule is CS(=O)(=O)c1cccc(OCC(O)c2cccc(Cl)c2)c1. The van der Waals surface area contributed by atoms with E-state index in [4.69, 9.17) is 16.3 Å². The van der Waals surface area contributed by atoms with E-state index >= 15 is 0 Å². The monoisotopic (exact) mass is 326 g/mol. The van der Waals surface area contributed by atoms with Crippen molar-refractivity contribution in [2.45, 2.75) is 11.0 Å². The molecule has 0 aliphatic rings. The van der Waals surface area contributed by atoms with Gasteiger partial charge < -0.3 is 9.84 Å². The van der Waals surface area contributed by atoms with Gasteiger partial charge in [-0.15, -0.1) is 0 Å². The largest absolute Gasteiger partial charge is 0.490 e. The Labute approximate surface area is 128 Å². The van der Waals surface area contributed by atoms with Gasteiger partial charge in [0.05, 0.1) is 4.90 Å². The van der Waals surface area contributed by atoms with Crippen LogP contribution in [0.25, 0.3) is 0 Å². The van der Waals surface area contributed by atoms with E-state index in [1.54, 1.807) is 36.4 Å². The molecule has 21 heavy (non-hydrogen) atoms. The summed E-state index contributed by atoms with van der Waals surface area (Å²) in [5.74, 6) is 0.388. The minimum absolute atomic E-state index is 0.00750. The van der Waals surface area contributed by atoms with Gasteiger partial charge in [0.1, 0.15) is 18.5 Å². The van der Waals surface area contributed by atoms with Gasteiger partial charge in [0.15, 0.2) is 9.84 Å². The standard InChI is InChI=1S/C15H15ClO4S/c1-21(18,19)14-7-3-6-13(9-14)20-10-15(17)11-4-2-5-12(16)8-11/h2-9,15,17H,10H2,1H3. The molecule has 6 heteroatoms. The van der Waals surface area contributed by atoms with Crippen molar-refractivity contribution in [2.24, 2.45) is 0 Å². The molecule has 2 aromatic rings. The first kappa shape index (κ1) is 15.8. The average molecular weight is 327 g/mol. The maximum absolute atomic E-state index is 11.5. The normalized spacial score (nSPS) is 12.9. The number of benzene rings is 2. The second-order valence-electron chi connectivity index (χ2n) is 4.63. The van der Waals surface area contributed by atoms with Crippen molar-refractivity contribution in [2.75, 3.05) is 12.9 Å². The number of aliphatic hydroxyl groups excluding tert-OH is 1. The Morgan fingerprint density at radius 3 is 2.57 bits per heavy atom. The molecule has 1 unspecified atom stereocenters. The summed E-state index contributed by atoms with van der Waals surface area (Å²) in [5.41, 5.74) is 0.641. The summed E-state index contributed by atoms with van der Waals surface area (Å²) >= 11 is 5.86. The summed E-state index contributed by atoms with van der Waals surface area (Å²) in [6.45, 7) is 0.00750. The topological polar surface area (TPSA) is 63.6 Å². The maximum Gasteiger partial charge on any atom is 0.175 e. The molecule has 0 bridgehead atoms. The Morgan fingerprint density at radius 1 is 1.19 bits per heavy atom. The van der Waals surface area contributed by atoms with Gasteiger partial charge in [-0.1, -0.05) is 29.8 Å². The molecular weight excluding hydrogens is 312 g/mol. The Kier molecular flexibility index (Phi) is 4.88. The number of sulfone groups is 1. The summed E-state index contributed by atoms with van der Waals surface area (Å²) in [6.07, 6.45) is 0.290. The van der Waals surface area contributed by atoms with Crippen molar-refractivity contribution >= 4 is 21.4 Å². The minimum Gasteiger partial charge on any atom is -0.490 e. The molecule has 1 atom stereocenters. The van der Waals surface area contributed by atoms with Crippen LogP contribution in [-0.2, 0) is 9.84 Å². The van der Waals surface area contributed by atoms with Crippen LogP contribution in [0.4, 0.5) is 0 Å². The lowest BCUT2D eigenvalue weighted by Crippen LogP contribution is -2.10. The molecule has 0 aliphatic carbocycles. The van der Waals surface area contributed by atoms with E-state index < -0.39 is 15.9 Å². The van der Waals surface area contributed by atoms with Crippen molar-refractivity contribution in [3.05, 3.63) is 59.1 Å². The third kappa shape index (κ3) is 4.46. The number of aliphatic hydroxyl groups is 1. The molecule has 0 aliphatic heterocycles. The Balaban J connectivity index is 2.06. The van der Waals surface area contributed by atoms with Gasteiger partial charge in [0.25, 0.3) is 0 Å². The highest BCUT2D eigenvalue weighted by Crippen LogP contribution is 2.21. The van der Waals surface area contributed by atoms with E-state index in [0.717, 1.165) is 6.26 Å². The summed E-state index contributed by atoms with van der Waals surface area (Å²) in [4.78, 5) is 0.178. The van der Waals surface area contributed by atoms with Crippen LogP contribution in [0.1, 0.15) is 11.7 Å². The zero-order chi connectivity index (χ0) is 15.5. The molecule has 0 amide bonds. The fourth-order valence-electron chi connectivity index (χ4n) is 1.78. The molecule has 0 saturated carbocycles. The molecule has 2 aromatic carbocycles. The summed E-state index contributed by atoms with van der Waals surface area (Å²) in [5, 5.41) is 10.6. The van der Waals surface area contributed by atoms with E-state index in [9.17, 15) is 13.5 Å². The lowest BCUT2D eigenvalue weighted by molar-refractivity contribution is 0.108. The van der Waals surface area contributed by atoms with Gasteiger partial charge in [0.2, 0.25) is 0 Å². The predicted molar refractivity (Wildman–Crippen MR) is 81.5 cm³/mol. The fourth-order valence-corrected chi connectivity index (χ4v) is 2.63.